The van der Waals surface area contributed by atoms with Crippen LogP contribution in [0.2, 0.25) is 0 Å². The number of aromatic amines is 1. The molecule has 3 N–H and O–H groups in total. The van der Waals surface area contributed by atoms with Gasteiger partial charge in [0.2, 0.25) is 0 Å². The lowest BCUT2D eigenvalue weighted by molar-refractivity contribution is 0.0868. The van der Waals surface area contributed by atoms with Crippen LogP contribution in [0.25, 0.3) is 0 Å². The standard InChI is InChI=1S/C11H16N2O3/c1-7-4-9(15)8(5-12-7)10(16)13-11(2,3)6-14/h4-5,14H,6H2,1-3H3,(H,12,15)(H,13,16). The second-order valence-electron chi connectivity index (χ2n) is 4.39. The van der Waals surface area contributed by atoms with E-state index in [0.717, 1.165) is 0 Å². The van der Waals surface area contributed by atoms with Crippen molar-refractivity contribution in [2.75, 3.05) is 6.61 Å². The molecule has 0 spiro atoms. The van der Waals surface area contributed by atoms with Gasteiger partial charge >= 0.3 is 0 Å². The second kappa shape index (κ2) is 4.49. The van der Waals surface area contributed by atoms with Crippen molar-refractivity contribution in [1.82, 2.24) is 10.3 Å². The summed E-state index contributed by atoms with van der Waals surface area (Å²) in [5, 5.41) is 11.6. The third kappa shape index (κ3) is 2.93. The fourth-order valence-corrected chi connectivity index (χ4v) is 1.16. The number of hydrogen-bond donors (Lipinski definition) is 3. The van der Waals surface area contributed by atoms with Crippen molar-refractivity contribution in [2.24, 2.45) is 0 Å². The number of carbonyl (C=O) groups is 1. The Morgan fingerprint density at radius 3 is 2.69 bits per heavy atom. The molecule has 5 heteroatoms. The molecule has 0 aliphatic carbocycles. The van der Waals surface area contributed by atoms with E-state index in [1.807, 2.05) is 0 Å². The number of rotatable bonds is 3. The van der Waals surface area contributed by atoms with Crippen LogP contribution in [0.15, 0.2) is 17.1 Å². The first-order valence-electron chi connectivity index (χ1n) is 4.98. The fourth-order valence-electron chi connectivity index (χ4n) is 1.16. The van der Waals surface area contributed by atoms with Crippen LogP contribution in [0, 0.1) is 6.92 Å². The molecule has 0 saturated heterocycles. The van der Waals surface area contributed by atoms with Gasteiger partial charge in [-0.3, -0.25) is 9.59 Å². The normalized spacial score (nSPS) is 11.2. The van der Waals surface area contributed by atoms with Crippen LogP contribution in [-0.4, -0.2) is 28.1 Å². The van der Waals surface area contributed by atoms with E-state index in [0.29, 0.717) is 5.69 Å². The summed E-state index contributed by atoms with van der Waals surface area (Å²) in [5.74, 6) is -0.486. The Hall–Kier alpha value is -1.62. The van der Waals surface area contributed by atoms with E-state index in [9.17, 15) is 9.59 Å². The van der Waals surface area contributed by atoms with Crippen molar-refractivity contribution in [2.45, 2.75) is 26.3 Å². The minimum absolute atomic E-state index is 0.0483. The zero-order valence-electron chi connectivity index (χ0n) is 9.63. The van der Waals surface area contributed by atoms with E-state index >= 15 is 0 Å². The summed E-state index contributed by atoms with van der Waals surface area (Å²) in [6.45, 7) is 4.89. The van der Waals surface area contributed by atoms with Crippen LogP contribution >= 0.6 is 0 Å². The van der Waals surface area contributed by atoms with Gasteiger partial charge in [0.25, 0.3) is 5.91 Å². The Balaban J connectivity index is 2.94. The maximum Gasteiger partial charge on any atom is 0.257 e. The van der Waals surface area contributed by atoms with Gasteiger partial charge in [-0.2, -0.15) is 0 Å². The van der Waals surface area contributed by atoms with Gasteiger partial charge < -0.3 is 15.4 Å². The number of H-pyrrole nitrogens is 1. The molecule has 16 heavy (non-hydrogen) atoms. The van der Waals surface area contributed by atoms with Crippen molar-refractivity contribution in [3.8, 4) is 0 Å². The van der Waals surface area contributed by atoms with Crippen LogP contribution < -0.4 is 10.7 Å². The number of aliphatic hydroxyl groups excluding tert-OH is 1. The predicted octanol–water partition coefficient (Wildman–Crippen LogP) is 0.184. The molecule has 1 rings (SSSR count). The summed E-state index contributed by atoms with van der Waals surface area (Å²) in [6, 6.07) is 1.36. The molecule has 0 radical (unpaired) electrons. The zero-order chi connectivity index (χ0) is 12.3. The van der Waals surface area contributed by atoms with Crippen LogP contribution in [0.5, 0.6) is 0 Å². The Morgan fingerprint density at radius 2 is 2.19 bits per heavy atom. The number of hydrogen-bond acceptors (Lipinski definition) is 3. The average Bonchev–Trinajstić information content (AvgIpc) is 2.16. The topological polar surface area (TPSA) is 82.2 Å². The van der Waals surface area contributed by atoms with Gasteiger partial charge in [-0.1, -0.05) is 0 Å². The van der Waals surface area contributed by atoms with Crippen molar-refractivity contribution in [1.29, 1.82) is 0 Å². The maximum absolute atomic E-state index is 11.7. The molecule has 1 aromatic heterocycles. The molecule has 0 aromatic carbocycles. The first-order valence-corrected chi connectivity index (χ1v) is 4.98. The molecule has 5 nitrogen and oxygen atoms in total. The molecule has 0 unspecified atom stereocenters. The number of pyridine rings is 1. The minimum Gasteiger partial charge on any atom is -0.394 e. The van der Waals surface area contributed by atoms with Gasteiger partial charge in [-0.05, 0) is 20.8 Å². The Bertz CT molecular complexity index is 449. The van der Waals surface area contributed by atoms with Gasteiger partial charge in [0, 0.05) is 18.0 Å². The number of aryl methyl sites for hydroxylation is 1. The molecule has 0 saturated carbocycles. The Labute approximate surface area is 93.5 Å². The number of carbonyl (C=O) groups excluding carboxylic acids is 1. The fraction of sp³-hybridized carbons (Fsp3) is 0.455. The molecule has 0 fully saturated rings. The van der Waals surface area contributed by atoms with Gasteiger partial charge in [0.15, 0.2) is 5.43 Å². The molecule has 0 aliphatic heterocycles. The average molecular weight is 224 g/mol. The van der Waals surface area contributed by atoms with Crippen molar-refractivity contribution < 1.29 is 9.90 Å². The predicted molar refractivity (Wildman–Crippen MR) is 60.4 cm³/mol. The second-order valence-corrected chi connectivity index (χ2v) is 4.39. The first kappa shape index (κ1) is 12.4. The van der Waals surface area contributed by atoms with E-state index in [-0.39, 0.29) is 17.6 Å². The lowest BCUT2D eigenvalue weighted by atomic mass is 10.1. The van der Waals surface area contributed by atoms with E-state index in [4.69, 9.17) is 5.11 Å². The highest BCUT2D eigenvalue weighted by molar-refractivity contribution is 5.94. The largest absolute Gasteiger partial charge is 0.394 e. The van der Waals surface area contributed by atoms with E-state index in [2.05, 4.69) is 10.3 Å². The molecular weight excluding hydrogens is 208 g/mol. The smallest absolute Gasteiger partial charge is 0.257 e. The number of aliphatic hydroxyl groups is 1. The molecule has 88 valence electrons. The Morgan fingerprint density at radius 1 is 1.56 bits per heavy atom. The summed E-state index contributed by atoms with van der Waals surface area (Å²) >= 11 is 0. The molecule has 1 amide bonds. The van der Waals surface area contributed by atoms with Crippen LogP contribution in [0.3, 0.4) is 0 Å². The third-order valence-corrected chi connectivity index (χ3v) is 2.15. The molecule has 1 aromatic rings. The van der Waals surface area contributed by atoms with Crippen molar-refractivity contribution >= 4 is 5.91 Å². The van der Waals surface area contributed by atoms with Crippen molar-refractivity contribution in [3.63, 3.8) is 0 Å². The molecule has 1 heterocycles. The minimum atomic E-state index is -0.742. The molecule has 0 aliphatic rings. The summed E-state index contributed by atoms with van der Waals surface area (Å²) in [6.07, 6.45) is 1.38. The Kier molecular flexibility index (Phi) is 3.49. The highest BCUT2D eigenvalue weighted by Crippen LogP contribution is 2.02. The third-order valence-electron chi connectivity index (χ3n) is 2.15. The van der Waals surface area contributed by atoms with Crippen molar-refractivity contribution in [3.05, 3.63) is 33.7 Å². The van der Waals surface area contributed by atoms with Gasteiger partial charge in [-0.25, -0.2) is 0 Å². The quantitative estimate of drug-likeness (QED) is 0.685. The van der Waals surface area contributed by atoms with Crippen LogP contribution in [0.4, 0.5) is 0 Å². The van der Waals surface area contributed by atoms with Crippen LogP contribution in [-0.2, 0) is 0 Å². The summed E-state index contributed by atoms with van der Waals surface area (Å²) in [5.41, 5.74) is -0.327. The number of aromatic nitrogens is 1. The first-order chi connectivity index (χ1) is 7.35. The zero-order valence-corrected chi connectivity index (χ0v) is 9.63. The lowest BCUT2D eigenvalue weighted by Gasteiger charge is -2.23. The lowest BCUT2D eigenvalue weighted by Crippen LogP contribution is -2.47. The highest BCUT2D eigenvalue weighted by atomic mass is 16.3. The monoisotopic (exact) mass is 224 g/mol. The molecule has 0 atom stereocenters. The maximum atomic E-state index is 11.7. The summed E-state index contributed by atoms with van der Waals surface area (Å²) < 4.78 is 0. The van der Waals surface area contributed by atoms with E-state index in [1.54, 1.807) is 20.8 Å². The summed E-state index contributed by atoms with van der Waals surface area (Å²) in [4.78, 5) is 26.0. The SMILES string of the molecule is Cc1cc(=O)c(C(=O)NC(C)(C)CO)c[nH]1. The number of amides is 1. The molecular formula is C11H16N2O3. The summed E-state index contributed by atoms with van der Waals surface area (Å²) in [7, 11) is 0. The van der Waals surface area contributed by atoms with Gasteiger partial charge in [0.05, 0.1) is 12.1 Å². The van der Waals surface area contributed by atoms with Gasteiger partial charge in [-0.15, -0.1) is 0 Å². The van der Waals surface area contributed by atoms with E-state index in [1.165, 1.54) is 12.3 Å². The number of nitrogens with one attached hydrogen (secondary N) is 2. The van der Waals surface area contributed by atoms with Gasteiger partial charge in [0.1, 0.15) is 5.56 Å². The van der Waals surface area contributed by atoms with E-state index < -0.39 is 11.4 Å². The van der Waals surface area contributed by atoms with Crippen LogP contribution in [0.1, 0.15) is 29.9 Å². The highest BCUT2D eigenvalue weighted by Gasteiger charge is 2.21. The molecule has 0 bridgehead atoms.